The maximum absolute atomic E-state index is 12.7. The fourth-order valence-electron chi connectivity index (χ4n) is 4.33. The standard InChI is InChI=1S/C28H22N6O5/c29-26-24-25(17-9-12-21(13-10-17)38-19-5-2-1-3-6-19)32-33(27(24)31-16-30-26)23-15-18(11-14-22(23)34(36)37)28(35)39-20-7-4-8-20/h1-3,5-6,9-16,20H,4,7-8H2,(H2,29,30,31). The van der Waals surface area contributed by atoms with Crippen molar-refractivity contribution in [3.63, 3.8) is 0 Å². The van der Waals surface area contributed by atoms with Crippen molar-refractivity contribution in [1.82, 2.24) is 19.7 Å². The predicted molar refractivity (Wildman–Crippen MR) is 143 cm³/mol. The molecule has 3 aromatic carbocycles. The number of ether oxygens (including phenoxy) is 2. The van der Waals surface area contributed by atoms with Crippen LogP contribution in [0.4, 0.5) is 11.5 Å². The molecular weight excluding hydrogens is 500 g/mol. The number of benzene rings is 3. The zero-order valence-electron chi connectivity index (χ0n) is 20.6. The lowest BCUT2D eigenvalue weighted by atomic mass is 9.96. The number of esters is 1. The summed E-state index contributed by atoms with van der Waals surface area (Å²) in [4.78, 5) is 32.6. The highest BCUT2D eigenvalue weighted by molar-refractivity contribution is 5.99. The monoisotopic (exact) mass is 522 g/mol. The lowest BCUT2D eigenvalue weighted by Crippen LogP contribution is -2.25. The lowest BCUT2D eigenvalue weighted by Gasteiger charge is -2.25. The van der Waals surface area contributed by atoms with Crippen LogP contribution >= 0.6 is 0 Å². The van der Waals surface area contributed by atoms with E-state index in [4.69, 9.17) is 15.2 Å². The van der Waals surface area contributed by atoms with Crippen LogP contribution in [0.5, 0.6) is 11.5 Å². The molecule has 0 radical (unpaired) electrons. The molecule has 0 spiro atoms. The number of carbonyl (C=O) groups is 1. The molecule has 2 aromatic heterocycles. The highest BCUT2D eigenvalue weighted by Gasteiger charge is 2.27. The minimum absolute atomic E-state index is 0.0569. The smallest absolute Gasteiger partial charge is 0.338 e. The van der Waals surface area contributed by atoms with Gasteiger partial charge in [0.25, 0.3) is 5.69 Å². The highest BCUT2D eigenvalue weighted by Crippen LogP contribution is 2.35. The Labute approximate surface area is 222 Å². The molecule has 39 heavy (non-hydrogen) atoms. The fourth-order valence-corrected chi connectivity index (χ4v) is 4.33. The van der Waals surface area contributed by atoms with E-state index in [0.29, 0.717) is 28.1 Å². The molecule has 0 aliphatic heterocycles. The molecule has 194 valence electrons. The van der Waals surface area contributed by atoms with Crippen molar-refractivity contribution in [3.05, 3.63) is 94.8 Å². The molecule has 2 N–H and O–H groups in total. The van der Waals surface area contributed by atoms with Crippen LogP contribution in [0.15, 0.2) is 79.1 Å². The maximum atomic E-state index is 12.7. The summed E-state index contributed by atoms with van der Waals surface area (Å²) in [5, 5.41) is 17.0. The third-order valence-electron chi connectivity index (χ3n) is 6.56. The Bertz CT molecular complexity index is 1700. The van der Waals surface area contributed by atoms with E-state index in [1.165, 1.54) is 29.2 Å². The summed E-state index contributed by atoms with van der Waals surface area (Å²) in [6, 6.07) is 20.6. The van der Waals surface area contributed by atoms with Crippen LogP contribution < -0.4 is 10.5 Å². The molecule has 0 unspecified atom stereocenters. The van der Waals surface area contributed by atoms with Crippen LogP contribution in [-0.4, -0.2) is 36.7 Å². The van der Waals surface area contributed by atoms with Crippen LogP contribution in [0.1, 0.15) is 29.6 Å². The second-order valence-corrected chi connectivity index (χ2v) is 9.08. The van der Waals surface area contributed by atoms with E-state index in [1.54, 1.807) is 24.3 Å². The first-order chi connectivity index (χ1) is 19.0. The van der Waals surface area contributed by atoms with Gasteiger partial charge in [-0.2, -0.15) is 5.10 Å². The first-order valence-electron chi connectivity index (χ1n) is 12.3. The van der Waals surface area contributed by atoms with Gasteiger partial charge in [0.15, 0.2) is 5.65 Å². The van der Waals surface area contributed by atoms with Crippen molar-refractivity contribution in [2.75, 3.05) is 5.73 Å². The van der Waals surface area contributed by atoms with Crippen LogP contribution in [0.3, 0.4) is 0 Å². The number of nitro benzene ring substituents is 1. The van der Waals surface area contributed by atoms with Gasteiger partial charge in [0.1, 0.15) is 41.1 Å². The summed E-state index contributed by atoms with van der Waals surface area (Å²) < 4.78 is 12.7. The maximum Gasteiger partial charge on any atom is 0.338 e. The molecular formula is C28H22N6O5. The Morgan fingerprint density at radius 3 is 2.44 bits per heavy atom. The molecule has 0 saturated heterocycles. The van der Waals surface area contributed by atoms with E-state index in [0.717, 1.165) is 19.3 Å². The van der Waals surface area contributed by atoms with E-state index < -0.39 is 10.9 Å². The quantitative estimate of drug-likeness (QED) is 0.167. The van der Waals surface area contributed by atoms with Crippen molar-refractivity contribution in [2.24, 2.45) is 0 Å². The number of hydrogen-bond acceptors (Lipinski definition) is 9. The molecule has 1 fully saturated rings. The molecule has 11 nitrogen and oxygen atoms in total. The number of hydrogen-bond donors (Lipinski definition) is 1. The first kappa shape index (κ1) is 24.0. The number of fused-ring (bicyclic) bond motifs is 1. The number of nitrogens with two attached hydrogens (primary N) is 1. The summed E-state index contributed by atoms with van der Waals surface area (Å²) in [6.45, 7) is 0. The van der Waals surface area contributed by atoms with E-state index in [1.807, 2.05) is 30.3 Å². The van der Waals surface area contributed by atoms with Gasteiger partial charge in [-0.25, -0.2) is 19.4 Å². The van der Waals surface area contributed by atoms with Gasteiger partial charge >= 0.3 is 5.97 Å². The third-order valence-corrected chi connectivity index (χ3v) is 6.56. The second-order valence-electron chi connectivity index (χ2n) is 9.08. The average Bonchev–Trinajstić information content (AvgIpc) is 3.32. The Kier molecular flexibility index (Phi) is 6.08. The average molecular weight is 523 g/mol. The van der Waals surface area contributed by atoms with E-state index in [9.17, 15) is 14.9 Å². The first-order valence-corrected chi connectivity index (χ1v) is 12.3. The molecule has 1 saturated carbocycles. The van der Waals surface area contributed by atoms with Crippen LogP contribution in [-0.2, 0) is 4.74 Å². The number of nitrogen functional groups attached to an aromatic ring is 1. The van der Waals surface area contributed by atoms with Crippen molar-refractivity contribution in [3.8, 4) is 28.4 Å². The number of nitro groups is 1. The topological polar surface area (TPSA) is 148 Å². The lowest BCUT2D eigenvalue weighted by molar-refractivity contribution is -0.384. The molecule has 1 aliphatic carbocycles. The van der Waals surface area contributed by atoms with Gasteiger partial charge in [-0.05, 0) is 67.8 Å². The molecule has 1 aliphatic rings. The summed E-state index contributed by atoms with van der Waals surface area (Å²) in [6.07, 6.45) is 3.76. The molecule has 5 aromatic rings. The second kappa shape index (κ2) is 9.86. The van der Waals surface area contributed by atoms with Crippen molar-refractivity contribution in [2.45, 2.75) is 25.4 Å². The van der Waals surface area contributed by atoms with Crippen molar-refractivity contribution >= 4 is 28.5 Å². The number of aromatic nitrogens is 4. The van der Waals surface area contributed by atoms with Gasteiger partial charge in [-0.1, -0.05) is 18.2 Å². The summed E-state index contributed by atoms with van der Waals surface area (Å²) in [7, 11) is 0. The zero-order chi connectivity index (χ0) is 26.9. The number of carbonyl (C=O) groups excluding carboxylic acids is 1. The van der Waals surface area contributed by atoms with Gasteiger partial charge < -0.3 is 15.2 Å². The third kappa shape index (κ3) is 4.61. The minimum atomic E-state index is -0.546. The molecule has 2 heterocycles. The highest BCUT2D eigenvalue weighted by atomic mass is 16.6. The van der Waals surface area contributed by atoms with Crippen LogP contribution in [0.2, 0.25) is 0 Å². The number of para-hydroxylation sites is 1. The number of anilines is 1. The predicted octanol–water partition coefficient (Wildman–Crippen LogP) is 5.47. The van der Waals surface area contributed by atoms with E-state index >= 15 is 0 Å². The van der Waals surface area contributed by atoms with Gasteiger partial charge in [-0.3, -0.25) is 10.1 Å². The molecule has 0 bridgehead atoms. The van der Waals surface area contributed by atoms with Gasteiger partial charge in [0.2, 0.25) is 0 Å². The SMILES string of the molecule is Nc1ncnc2c1c(-c1ccc(Oc3ccccc3)cc1)nn2-c1cc(C(=O)OC2CCC2)ccc1[N+](=O)[O-]. The molecule has 6 rings (SSSR count). The van der Waals surface area contributed by atoms with Crippen molar-refractivity contribution in [1.29, 1.82) is 0 Å². The summed E-state index contributed by atoms with van der Waals surface area (Å²) in [5.41, 5.74) is 7.56. The molecule has 11 heteroatoms. The summed E-state index contributed by atoms with van der Waals surface area (Å²) in [5.74, 6) is 0.927. The number of nitrogens with zero attached hydrogens (tertiary/aromatic N) is 5. The fraction of sp³-hybridized carbons (Fsp3) is 0.143. The van der Waals surface area contributed by atoms with Crippen molar-refractivity contribution < 1.29 is 19.2 Å². The number of rotatable bonds is 7. The van der Waals surface area contributed by atoms with Crippen LogP contribution in [0.25, 0.3) is 28.0 Å². The Hall–Kier alpha value is -5.32. The zero-order valence-corrected chi connectivity index (χ0v) is 20.6. The van der Waals surface area contributed by atoms with Gasteiger partial charge in [-0.15, -0.1) is 0 Å². The van der Waals surface area contributed by atoms with E-state index in [2.05, 4.69) is 15.1 Å². The van der Waals surface area contributed by atoms with Gasteiger partial charge in [0.05, 0.1) is 15.9 Å². The molecule has 0 atom stereocenters. The Morgan fingerprint density at radius 2 is 1.74 bits per heavy atom. The largest absolute Gasteiger partial charge is 0.459 e. The van der Waals surface area contributed by atoms with Gasteiger partial charge in [0, 0.05) is 11.6 Å². The Balaban J connectivity index is 1.43. The minimum Gasteiger partial charge on any atom is -0.459 e. The normalized spacial score (nSPS) is 13.1. The van der Waals surface area contributed by atoms with E-state index in [-0.39, 0.29) is 34.5 Å². The van der Waals surface area contributed by atoms with Crippen LogP contribution in [0, 0.1) is 10.1 Å². The molecule has 0 amide bonds. The summed E-state index contributed by atoms with van der Waals surface area (Å²) >= 11 is 0. The Morgan fingerprint density at radius 1 is 1.00 bits per heavy atom.